The lowest BCUT2D eigenvalue weighted by Crippen LogP contribution is -2.57. The maximum absolute atomic E-state index is 13.7. The number of likely N-dealkylation sites (tertiary alicyclic amines) is 1. The number of carbonyl (C=O) groups is 3. The van der Waals surface area contributed by atoms with E-state index in [1.165, 1.54) is 11.1 Å². The highest BCUT2D eigenvalue weighted by molar-refractivity contribution is 5.91. The number of fused-ring (bicyclic) bond motifs is 2. The van der Waals surface area contributed by atoms with Crippen molar-refractivity contribution in [2.24, 2.45) is 5.73 Å². The second kappa shape index (κ2) is 11.3. The van der Waals surface area contributed by atoms with Gasteiger partial charge in [-0.05, 0) is 69.1 Å². The molecule has 0 bridgehead atoms. The summed E-state index contributed by atoms with van der Waals surface area (Å²) < 4.78 is 0. The second-order valence-corrected chi connectivity index (χ2v) is 11.8. The molecule has 0 saturated carbocycles. The Morgan fingerprint density at radius 1 is 1.05 bits per heavy atom. The van der Waals surface area contributed by atoms with E-state index >= 15 is 0 Å². The molecule has 1 aliphatic carbocycles. The normalized spacial score (nSPS) is 19.1. The molecule has 3 amide bonds. The lowest BCUT2D eigenvalue weighted by molar-refractivity contribution is -0.139. The Balaban J connectivity index is 1.45. The monoisotopic (exact) mass is 518 g/mol. The number of hydrogen-bond donors (Lipinski definition) is 2. The molecule has 2 atom stereocenters. The molecule has 2 aliphatic rings. The highest BCUT2D eigenvalue weighted by Gasteiger charge is 2.48. The van der Waals surface area contributed by atoms with Gasteiger partial charge in [0.05, 0.1) is 11.5 Å². The van der Waals surface area contributed by atoms with E-state index in [4.69, 9.17) is 5.73 Å². The van der Waals surface area contributed by atoms with Crippen molar-refractivity contribution in [2.45, 2.75) is 75.3 Å². The Labute approximate surface area is 226 Å². The Hall–Kier alpha value is -3.19. The predicted octanol–water partition coefficient (Wildman–Crippen LogP) is 3.37. The number of rotatable bonds is 8. The third-order valence-electron chi connectivity index (χ3n) is 8.26. The van der Waals surface area contributed by atoms with Crippen LogP contribution >= 0.6 is 0 Å². The SMILES string of the molecule is CN(C)C(=O)[C@@H]1CC2(CCN(C(=O)[C@H](CCCc3ccccc3)NC(=O)C(C)(C)N)CC2)c2ccccc21. The highest BCUT2D eigenvalue weighted by Crippen LogP contribution is 2.52. The van der Waals surface area contributed by atoms with Crippen molar-refractivity contribution >= 4 is 17.7 Å². The van der Waals surface area contributed by atoms with Gasteiger partial charge in [-0.2, -0.15) is 0 Å². The van der Waals surface area contributed by atoms with E-state index < -0.39 is 11.6 Å². The van der Waals surface area contributed by atoms with E-state index in [0.29, 0.717) is 19.5 Å². The second-order valence-electron chi connectivity index (χ2n) is 11.8. The van der Waals surface area contributed by atoms with Crippen LogP contribution in [0, 0.1) is 0 Å². The molecule has 204 valence electrons. The van der Waals surface area contributed by atoms with Crippen LogP contribution in [0.1, 0.15) is 68.6 Å². The number of nitrogens with one attached hydrogen (secondary N) is 1. The summed E-state index contributed by atoms with van der Waals surface area (Å²) in [5.41, 5.74) is 8.47. The molecular weight excluding hydrogens is 476 g/mol. The summed E-state index contributed by atoms with van der Waals surface area (Å²) in [6, 6.07) is 17.9. The zero-order valence-electron chi connectivity index (χ0n) is 23.2. The average Bonchev–Trinajstić information content (AvgIpc) is 3.21. The van der Waals surface area contributed by atoms with E-state index in [0.717, 1.165) is 37.7 Å². The molecule has 3 N–H and O–H groups in total. The number of benzene rings is 2. The summed E-state index contributed by atoms with van der Waals surface area (Å²) in [7, 11) is 3.62. The predicted molar refractivity (Wildman–Crippen MR) is 150 cm³/mol. The van der Waals surface area contributed by atoms with Crippen LogP contribution in [0.4, 0.5) is 0 Å². The first-order chi connectivity index (χ1) is 18.0. The number of hydrogen-bond acceptors (Lipinski definition) is 4. The lowest BCUT2D eigenvalue weighted by Gasteiger charge is -2.41. The third kappa shape index (κ3) is 5.93. The van der Waals surface area contributed by atoms with Gasteiger partial charge < -0.3 is 20.9 Å². The molecule has 4 rings (SSSR count). The van der Waals surface area contributed by atoms with Crippen molar-refractivity contribution in [1.29, 1.82) is 0 Å². The van der Waals surface area contributed by atoms with Gasteiger partial charge in [0, 0.05) is 32.6 Å². The smallest absolute Gasteiger partial charge is 0.245 e. The first-order valence-electron chi connectivity index (χ1n) is 13.7. The van der Waals surface area contributed by atoms with Crippen molar-refractivity contribution in [2.75, 3.05) is 27.2 Å². The van der Waals surface area contributed by atoms with Crippen molar-refractivity contribution in [3.8, 4) is 0 Å². The fourth-order valence-electron chi connectivity index (χ4n) is 6.03. The summed E-state index contributed by atoms with van der Waals surface area (Å²) in [5, 5.41) is 2.95. The minimum absolute atomic E-state index is 0.0438. The lowest BCUT2D eigenvalue weighted by atomic mass is 9.73. The first-order valence-corrected chi connectivity index (χ1v) is 13.7. The van der Waals surface area contributed by atoms with Gasteiger partial charge in [-0.1, -0.05) is 54.6 Å². The number of aryl methyl sites for hydroxylation is 1. The standard InChI is InChI=1S/C31H42N4O3/c1-30(2,32)29(38)33-26(16-10-13-22-11-6-5-7-12-22)28(37)35-19-17-31(18-20-35)21-24(27(36)34(3)4)23-14-8-9-15-25(23)31/h5-9,11-12,14-15,24,26H,10,13,16-21,32H2,1-4H3,(H,33,38)/t24-,26+/m1/s1. The summed E-state index contributed by atoms with van der Waals surface area (Å²) in [6.45, 7) is 4.52. The van der Waals surface area contributed by atoms with Gasteiger partial charge in [-0.3, -0.25) is 14.4 Å². The number of likely N-dealkylation sites (N-methyl/N-ethyl adjacent to an activating group) is 1. The van der Waals surface area contributed by atoms with Crippen LogP contribution in [-0.2, 0) is 26.2 Å². The minimum atomic E-state index is -1.06. The van der Waals surface area contributed by atoms with E-state index in [2.05, 4.69) is 29.6 Å². The zero-order valence-corrected chi connectivity index (χ0v) is 23.2. The van der Waals surface area contributed by atoms with Crippen LogP contribution in [0.25, 0.3) is 0 Å². The van der Waals surface area contributed by atoms with Gasteiger partial charge in [-0.15, -0.1) is 0 Å². The summed E-state index contributed by atoms with van der Waals surface area (Å²) >= 11 is 0. The van der Waals surface area contributed by atoms with Crippen molar-refractivity contribution < 1.29 is 14.4 Å². The third-order valence-corrected chi connectivity index (χ3v) is 8.26. The molecule has 7 nitrogen and oxygen atoms in total. The summed E-state index contributed by atoms with van der Waals surface area (Å²) in [5.74, 6) is -0.366. The molecule has 0 unspecified atom stereocenters. The van der Waals surface area contributed by atoms with Crippen LogP contribution < -0.4 is 11.1 Å². The van der Waals surface area contributed by atoms with Crippen molar-refractivity contribution in [3.05, 3.63) is 71.3 Å². The van der Waals surface area contributed by atoms with Crippen LogP contribution in [0.5, 0.6) is 0 Å². The number of amides is 3. The van der Waals surface area contributed by atoms with E-state index in [-0.39, 0.29) is 29.1 Å². The van der Waals surface area contributed by atoms with Crippen LogP contribution in [0.3, 0.4) is 0 Å². The molecule has 1 saturated heterocycles. The number of piperidine rings is 1. The van der Waals surface area contributed by atoms with E-state index in [1.54, 1.807) is 18.7 Å². The highest BCUT2D eigenvalue weighted by atomic mass is 16.2. The van der Waals surface area contributed by atoms with Crippen molar-refractivity contribution in [1.82, 2.24) is 15.1 Å². The molecule has 1 spiro atoms. The summed E-state index contributed by atoms with van der Waals surface area (Å²) in [4.78, 5) is 43.0. The largest absolute Gasteiger partial charge is 0.348 e. The Bertz CT molecular complexity index is 1150. The molecule has 7 heteroatoms. The molecule has 1 fully saturated rings. The molecule has 0 radical (unpaired) electrons. The van der Waals surface area contributed by atoms with E-state index in [9.17, 15) is 14.4 Å². The summed E-state index contributed by atoms with van der Waals surface area (Å²) in [6.07, 6.45) is 4.57. The van der Waals surface area contributed by atoms with Gasteiger partial charge in [0.2, 0.25) is 17.7 Å². The van der Waals surface area contributed by atoms with Gasteiger partial charge in [0.15, 0.2) is 0 Å². The van der Waals surface area contributed by atoms with Crippen LogP contribution in [0.15, 0.2) is 54.6 Å². The number of carbonyl (C=O) groups excluding carboxylic acids is 3. The Morgan fingerprint density at radius 2 is 1.68 bits per heavy atom. The molecule has 38 heavy (non-hydrogen) atoms. The Morgan fingerprint density at radius 3 is 2.32 bits per heavy atom. The fraction of sp³-hybridized carbons (Fsp3) is 0.516. The maximum atomic E-state index is 13.7. The maximum Gasteiger partial charge on any atom is 0.245 e. The average molecular weight is 519 g/mol. The zero-order chi connectivity index (χ0) is 27.5. The Kier molecular flexibility index (Phi) is 8.26. The van der Waals surface area contributed by atoms with Gasteiger partial charge >= 0.3 is 0 Å². The van der Waals surface area contributed by atoms with E-state index in [1.807, 2.05) is 49.3 Å². The van der Waals surface area contributed by atoms with Crippen LogP contribution in [0.2, 0.25) is 0 Å². The topological polar surface area (TPSA) is 95.7 Å². The molecule has 2 aromatic rings. The number of nitrogens with two attached hydrogens (primary N) is 1. The number of nitrogens with zero attached hydrogens (tertiary/aromatic N) is 2. The first kappa shape index (κ1) is 27.8. The fourth-order valence-corrected chi connectivity index (χ4v) is 6.03. The van der Waals surface area contributed by atoms with Crippen molar-refractivity contribution in [3.63, 3.8) is 0 Å². The van der Waals surface area contributed by atoms with Gasteiger partial charge in [0.1, 0.15) is 6.04 Å². The molecule has 1 aliphatic heterocycles. The van der Waals surface area contributed by atoms with Gasteiger partial charge in [0.25, 0.3) is 0 Å². The van der Waals surface area contributed by atoms with Gasteiger partial charge in [-0.25, -0.2) is 0 Å². The quantitative estimate of drug-likeness (QED) is 0.560. The molecular formula is C31H42N4O3. The molecule has 2 aromatic carbocycles. The molecule has 1 heterocycles. The minimum Gasteiger partial charge on any atom is -0.348 e. The van der Waals surface area contributed by atoms with Crippen LogP contribution in [-0.4, -0.2) is 66.3 Å². The molecule has 0 aromatic heterocycles.